The van der Waals surface area contributed by atoms with E-state index in [1.54, 1.807) is 42.5 Å². The molecule has 0 aromatic heterocycles. The van der Waals surface area contributed by atoms with Crippen molar-refractivity contribution in [3.05, 3.63) is 59.7 Å². The molecule has 7 heteroatoms. The largest absolute Gasteiger partial charge is 0.493 e. The van der Waals surface area contributed by atoms with Crippen molar-refractivity contribution in [2.75, 3.05) is 25.0 Å². The van der Waals surface area contributed by atoms with Gasteiger partial charge < -0.3 is 15.0 Å². The van der Waals surface area contributed by atoms with Gasteiger partial charge in [0.15, 0.2) is 5.11 Å². The molecule has 0 bridgehead atoms. The summed E-state index contributed by atoms with van der Waals surface area (Å²) in [5.74, 6) is 0.788. The Balaban J connectivity index is 1.53. The number of carbonyl (C=O) groups is 2. The molecule has 2 aromatic rings. The van der Waals surface area contributed by atoms with Crippen molar-refractivity contribution in [1.29, 1.82) is 0 Å². The molecule has 1 fully saturated rings. The van der Waals surface area contributed by atoms with Crippen LogP contribution in [0.3, 0.4) is 0 Å². The second-order valence-corrected chi connectivity index (χ2v) is 8.48. The Morgan fingerprint density at radius 3 is 2.42 bits per heavy atom. The summed E-state index contributed by atoms with van der Waals surface area (Å²) in [6.45, 7) is 6.35. The van der Waals surface area contributed by atoms with Crippen molar-refractivity contribution >= 4 is 34.8 Å². The Morgan fingerprint density at radius 1 is 1.03 bits per heavy atom. The van der Waals surface area contributed by atoms with Crippen LogP contribution in [-0.4, -0.2) is 41.5 Å². The van der Waals surface area contributed by atoms with E-state index in [1.807, 2.05) is 11.0 Å². The van der Waals surface area contributed by atoms with E-state index in [-0.39, 0.29) is 16.9 Å². The maximum Gasteiger partial charge on any atom is 0.257 e. The average Bonchev–Trinajstić information content (AvgIpc) is 2.78. The van der Waals surface area contributed by atoms with E-state index in [4.69, 9.17) is 17.0 Å². The molecule has 0 radical (unpaired) electrons. The quantitative estimate of drug-likeness (QED) is 0.650. The van der Waals surface area contributed by atoms with Gasteiger partial charge in [0.2, 0.25) is 0 Å². The fourth-order valence-electron chi connectivity index (χ4n) is 3.30. The van der Waals surface area contributed by atoms with E-state index in [9.17, 15) is 9.59 Å². The van der Waals surface area contributed by atoms with Crippen molar-refractivity contribution < 1.29 is 14.3 Å². The highest BCUT2D eigenvalue weighted by Gasteiger charge is 2.18. The van der Waals surface area contributed by atoms with Gasteiger partial charge in [0.1, 0.15) is 5.75 Å². The van der Waals surface area contributed by atoms with Crippen LogP contribution in [0.1, 0.15) is 53.8 Å². The summed E-state index contributed by atoms with van der Waals surface area (Å²) in [5, 5.41) is 5.85. The molecule has 0 aliphatic carbocycles. The Morgan fingerprint density at radius 2 is 1.74 bits per heavy atom. The number of thiocarbonyl (C=S) groups is 1. The predicted octanol–water partition coefficient (Wildman–Crippen LogP) is 4.47. The second kappa shape index (κ2) is 10.9. The molecule has 1 saturated heterocycles. The van der Waals surface area contributed by atoms with Crippen molar-refractivity contribution in [2.24, 2.45) is 5.92 Å². The highest BCUT2D eigenvalue weighted by Crippen LogP contribution is 2.16. The third kappa shape index (κ3) is 6.79. The first kappa shape index (κ1) is 22.7. The fourth-order valence-corrected chi connectivity index (χ4v) is 3.51. The summed E-state index contributed by atoms with van der Waals surface area (Å²) >= 11 is 5.27. The summed E-state index contributed by atoms with van der Waals surface area (Å²) in [5.41, 5.74) is 1.82. The molecule has 0 spiro atoms. The zero-order chi connectivity index (χ0) is 22.2. The minimum Gasteiger partial charge on any atom is -0.493 e. The number of nitrogens with one attached hydrogen (secondary N) is 2. The first-order valence-corrected chi connectivity index (χ1v) is 11.1. The summed E-state index contributed by atoms with van der Waals surface area (Å²) in [6, 6.07) is 14.1. The van der Waals surface area contributed by atoms with Crippen molar-refractivity contribution in [1.82, 2.24) is 10.2 Å². The lowest BCUT2D eigenvalue weighted by molar-refractivity contribution is 0.0724. The van der Waals surface area contributed by atoms with Gasteiger partial charge in [-0.2, -0.15) is 0 Å². The van der Waals surface area contributed by atoms with Gasteiger partial charge in [-0.3, -0.25) is 14.9 Å². The van der Waals surface area contributed by atoms with Crippen LogP contribution in [0.2, 0.25) is 0 Å². The van der Waals surface area contributed by atoms with E-state index in [0.29, 0.717) is 35.1 Å². The number of hydrogen-bond acceptors (Lipinski definition) is 4. The first-order chi connectivity index (χ1) is 14.9. The monoisotopic (exact) mass is 439 g/mol. The number of benzene rings is 2. The summed E-state index contributed by atoms with van der Waals surface area (Å²) in [4.78, 5) is 27.0. The van der Waals surface area contributed by atoms with Crippen molar-refractivity contribution in [3.8, 4) is 5.75 Å². The van der Waals surface area contributed by atoms with Gasteiger partial charge in [-0.25, -0.2) is 0 Å². The minimum absolute atomic E-state index is 0.0571. The first-order valence-electron chi connectivity index (χ1n) is 10.7. The van der Waals surface area contributed by atoms with Crippen molar-refractivity contribution in [3.63, 3.8) is 0 Å². The maximum atomic E-state index is 12.6. The van der Waals surface area contributed by atoms with Gasteiger partial charge in [0.05, 0.1) is 6.61 Å². The van der Waals surface area contributed by atoms with Crippen LogP contribution in [0.25, 0.3) is 0 Å². The SMILES string of the molecule is CC(C)COc1cccc(C(=O)NC(=S)Nc2ccc(C(=O)N3CCCCC3)cc2)c1. The van der Waals surface area contributed by atoms with Gasteiger partial charge in [-0.1, -0.05) is 19.9 Å². The van der Waals surface area contributed by atoms with Crippen LogP contribution in [0.15, 0.2) is 48.5 Å². The lowest BCUT2D eigenvalue weighted by Gasteiger charge is -2.26. The van der Waals surface area contributed by atoms with Gasteiger partial charge in [-0.15, -0.1) is 0 Å². The van der Waals surface area contributed by atoms with Crippen LogP contribution < -0.4 is 15.4 Å². The number of ether oxygens (including phenoxy) is 1. The molecule has 31 heavy (non-hydrogen) atoms. The molecule has 0 saturated carbocycles. The van der Waals surface area contributed by atoms with Crippen molar-refractivity contribution in [2.45, 2.75) is 33.1 Å². The number of hydrogen-bond donors (Lipinski definition) is 2. The summed E-state index contributed by atoms with van der Waals surface area (Å²) < 4.78 is 5.67. The lowest BCUT2D eigenvalue weighted by Crippen LogP contribution is -2.35. The smallest absolute Gasteiger partial charge is 0.257 e. The Labute approximate surface area is 189 Å². The van der Waals surface area contributed by atoms with Crippen LogP contribution in [0.4, 0.5) is 5.69 Å². The molecule has 6 nitrogen and oxygen atoms in total. The Kier molecular flexibility index (Phi) is 8.00. The molecule has 0 atom stereocenters. The molecule has 2 N–H and O–H groups in total. The fraction of sp³-hybridized carbons (Fsp3) is 0.375. The summed E-state index contributed by atoms with van der Waals surface area (Å²) in [7, 11) is 0. The number of anilines is 1. The molecule has 1 aliphatic rings. The molecule has 1 aliphatic heterocycles. The van der Waals surface area contributed by atoms with Gasteiger partial charge in [0, 0.05) is 29.9 Å². The molecular formula is C24H29N3O3S. The highest BCUT2D eigenvalue weighted by molar-refractivity contribution is 7.80. The number of nitrogens with zero attached hydrogens (tertiary/aromatic N) is 1. The van der Waals surface area contributed by atoms with Crippen LogP contribution >= 0.6 is 12.2 Å². The zero-order valence-corrected chi connectivity index (χ0v) is 18.8. The molecule has 0 unspecified atom stereocenters. The number of piperidine rings is 1. The van der Waals surface area contributed by atoms with Crippen LogP contribution in [0.5, 0.6) is 5.75 Å². The predicted molar refractivity (Wildman–Crippen MR) is 127 cm³/mol. The van der Waals surface area contributed by atoms with E-state index in [2.05, 4.69) is 24.5 Å². The Bertz CT molecular complexity index is 922. The van der Waals surface area contributed by atoms with Gasteiger partial charge >= 0.3 is 0 Å². The molecule has 164 valence electrons. The van der Waals surface area contributed by atoms with E-state index in [0.717, 1.165) is 25.9 Å². The van der Waals surface area contributed by atoms with E-state index >= 15 is 0 Å². The number of carbonyl (C=O) groups excluding carboxylic acids is 2. The summed E-state index contributed by atoms with van der Waals surface area (Å²) in [6.07, 6.45) is 3.31. The van der Waals surface area contributed by atoms with Crippen LogP contribution in [-0.2, 0) is 0 Å². The highest BCUT2D eigenvalue weighted by atomic mass is 32.1. The maximum absolute atomic E-state index is 12.6. The van der Waals surface area contributed by atoms with Gasteiger partial charge in [0.25, 0.3) is 11.8 Å². The molecular weight excluding hydrogens is 410 g/mol. The number of rotatable bonds is 6. The lowest BCUT2D eigenvalue weighted by atomic mass is 10.1. The minimum atomic E-state index is -0.315. The van der Waals surface area contributed by atoms with E-state index < -0.39 is 0 Å². The topological polar surface area (TPSA) is 70.7 Å². The average molecular weight is 440 g/mol. The van der Waals surface area contributed by atoms with Crippen LogP contribution in [0, 0.1) is 5.92 Å². The third-order valence-corrected chi connectivity index (χ3v) is 5.14. The molecule has 2 amide bonds. The molecule has 3 rings (SSSR count). The number of amides is 2. The standard InChI is InChI=1S/C24H29N3O3S/c1-17(2)16-30-21-8-6-7-19(15-21)22(28)26-24(31)25-20-11-9-18(10-12-20)23(29)27-13-4-3-5-14-27/h6-12,15,17H,3-5,13-14,16H2,1-2H3,(H2,25,26,28,31). The Hall–Kier alpha value is -2.93. The molecule has 2 aromatic carbocycles. The third-order valence-electron chi connectivity index (χ3n) is 4.94. The molecule has 1 heterocycles. The normalized spacial score (nSPS) is 13.6. The van der Waals surface area contributed by atoms with Gasteiger partial charge in [-0.05, 0) is 79.9 Å². The number of likely N-dealkylation sites (tertiary alicyclic amines) is 1. The second-order valence-electron chi connectivity index (χ2n) is 8.07. The van der Waals surface area contributed by atoms with E-state index in [1.165, 1.54) is 6.42 Å². The zero-order valence-electron chi connectivity index (χ0n) is 18.0.